The van der Waals surface area contributed by atoms with E-state index >= 15 is 0 Å². The molecule has 162 valence electrons. The second-order valence-corrected chi connectivity index (χ2v) is 8.38. The van der Waals surface area contributed by atoms with Crippen LogP contribution in [0.1, 0.15) is 58.6 Å². The third-order valence-electron chi connectivity index (χ3n) is 5.34. The summed E-state index contributed by atoms with van der Waals surface area (Å²) in [5.41, 5.74) is 0.672. The van der Waals surface area contributed by atoms with E-state index in [-0.39, 0.29) is 17.6 Å². The van der Waals surface area contributed by atoms with Gasteiger partial charge < -0.3 is 25.2 Å². The van der Waals surface area contributed by atoms with Crippen molar-refractivity contribution in [1.82, 2.24) is 10.6 Å². The van der Waals surface area contributed by atoms with E-state index in [1.54, 1.807) is 0 Å². The van der Waals surface area contributed by atoms with Crippen LogP contribution in [-0.2, 0) is 14.3 Å². The molecule has 3 unspecified atom stereocenters. The fraction of sp³-hybridized carbons (Fsp3) is 0.636. The fourth-order valence-electron chi connectivity index (χ4n) is 3.30. The SMILES string of the molecule is CCCCC(NC(=O)OC1COCC1(C)C)C(O)C(=O)N[C@H](C)c1ccccc1. The lowest BCUT2D eigenvalue weighted by Gasteiger charge is -2.28. The first-order chi connectivity index (χ1) is 13.7. The molecule has 1 aliphatic rings. The predicted octanol–water partition coefficient (Wildman–Crippen LogP) is 2.93. The zero-order chi connectivity index (χ0) is 21.4. The van der Waals surface area contributed by atoms with Gasteiger partial charge in [0.05, 0.1) is 25.3 Å². The van der Waals surface area contributed by atoms with Crippen LogP contribution in [0.4, 0.5) is 4.79 Å². The summed E-state index contributed by atoms with van der Waals surface area (Å²) in [7, 11) is 0. The summed E-state index contributed by atoms with van der Waals surface area (Å²) in [6, 6.07) is 8.53. The lowest BCUT2D eigenvalue weighted by molar-refractivity contribution is -0.131. The minimum absolute atomic E-state index is 0.256. The number of carbonyl (C=O) groups is 2. The molecule has 0 saturated carbocycles. The molecule has 7 heteroatoms. The van der Waals surface area contributed by atoms with E-state index in [4.69, 9.17) is 9.47 Å². The van der Waals surface area contributed by atoms with Crippen molar-refractivity contribution in [1.29, 1.82) is 0 Å². The molecule has 0 aliphatic carbocycles. The maximum absolute atomic E-state index is 12.6. The van der Waals surface area contributed by atoms with E-state index in [0.717, 1.165) is 18.4 Å². The van der Waals surface area contributed by atoms with Gasteiger partial charge in [-0.15, -0.1) is 0 Å². The summed E-state index contributed by atoms with van der Waals surface area (Å²) in [6.07, 6.45) is -0.249. The Morgan fingerprint density at radius 1 is 1.28 bits per heavy atom. The number of alkyl carbamates (subject to hydrolysis) is 1. The highest BCUT2D eigenvalue weighted by molar-refractivity contribution is 5.82. The molecule has 0 bridgehead atoms. The summed E-state index contributed by atoms with van der Waals surface area (Å²) < 4.78 is 10.9. The van der Waals surface area contributed by atoms with E-state index in [1.165, 1.54) is 0 Å². The molecule has 3 N–H and O–H groups in total. The molecule has 0 radical (unpaired) electrons. The number of aliphatic hydroxyl groups is 1. The Labute approximate surface area is 173 Å². The van der Waals surface area contributed by atoms with E-state index in [2.05, 4.69) is 10.6 Å². The predicted molar refractivity (Wildman–Crippen MR) is 110 cm³/mol. The number of unbranched alkanes of at least 4 members (excludes halogenated alkanes) is 1. The minimum atomic E-state index is -1.37. The van der Waals surface area contributed by atoms with Gasteiger partial charge in [0, 0.05) is 5.41 Å². The summed E-state index contributed by atoms with van der Waals surface area (Å²) in [5.74, 6) is -0.521. The molecular weight excluding hydrogens is 372 g/mol. The summed E-state index contributed by atoms with van der Waals surface area (Å²) in [4.78, 5) is 25.0. The van der Waals surface area contributed by atoms with Gasteiger partial charge >= 0.3 is 6.09 Å². The molecule has 4 atom stereocenters. The highest BCUT2D eigenvalue weighted by Crippen LogP contribution is 2.29. The van der Waals surface area contributed by atoms with Crippen LogP contribution in [0.2, 0.25) is 0 Å². The average molecular weight is 407 g/mol. The monoisotopic (exact) mass is 406 g/mol. The van der Waals surface area contributed by atoms with Crippen molar-refractivity contribution < 1.29 is 24.2 Å². The topological polar surface area (TPSA) is 96.9 Å². The van der Waals surface area contributed by atoms with Gasteiger partial charge in [-0.2, -0.15) is 0 Å². The highest BCUT2D eigenvalue weighted by Gasteiger charge is 2.39. The van der Waals surface area contributed by atoms with Gasteiger partial charge in [0.1, 0.15) is 6.10 Å². The summed E-state index contributed by atoms with van der Waals surface area (Å²) >= 11 is 0. The van der Waals surface area contributed by atoms with Crippen LogP contribution in [0.3, 0.4) is 0 Å². The Hall–Kier alpha value is -2.12. The molecule has 0 aromatic heterocycles. The fourth-order valence-corrected chi connectivity index (χ4v) is 3.30. The zero-order valence-corrected chi connectivity index (χ0v) is 17.8. The molecule has 0 spiro atoms. The first-order valence-corrected chi connectivity index (χ1v) is 10.3. The van der Waals surface area contributed by atoms with E-state index < -0.39 is 24.1 Å². The van der Waals surface area contributed by atoms with Crippen LogP contribution in [-0.4, -0.2) is 48.6 Å². The highest BCUT2D eigenvalue weighted by atomic mass is 16.6. The van der Waals surface area contributed by atoms with Crippen LogP contribution >= 0.6 is 0 Å². The molecule has 1 aliphatic heterocycles. The third-order valence-corrected chi connectivity index (χ3v) is 5.34. The van der Waals surface area contributed by atoms with Crippen molar-refractivity contribution in [3.05, 3.63) is 35.9 Å². The second-order valence-electron chi connectivity index (χ2n) is 8.38. The lowest BCUT2D eigenvalue weighted by atomic mass is 9.90. The molecule has 1 saturated heterocycles. The number of benzene rings is 1. The van der Waals surface area contributed by atoms with Crippen LogP contribution in [0.15, 0.2) is 30.3 Å². The van der Waals surface area contributed by atoms with Crippen LogP contribution < -0.4 is 10.6 Å². The Bertz CT molecular complexity index is 664. The average Bonchev–Trinajstić information content (AvgIpc) is 3.02. The third kappa shape index (κ3) is 6.72. The van der Waals surface area contributed by atoms with E-state index in [9.17, 15) is 14.7 Å². The van der Waals surface area contributed by atoms with Gasteiger partial charge in [-0.1, -0.05) is 63.9 Å². The van der Waals surface area contributed by atoms with Crippen molar-refractivity contribution in [2.24, 2.45) is 5.41 Å². The molecular formula is C22H34N2O5. The van der Waals surface area contributed by atoms with Gasteiger partial charge in [-0.25, -0.2) is 4.79 Å². The maximum atomic E-state index is 12.6. The van der Waals surface area contributed by atoms with E-state index in [0.29, 0.717) is 19.6 Å². The number of rotatable bonds is 9. The van der Waals surface area contributed by atoms with Crippen LogP contribution in [0, 0.1) is 5.41 Å². The van der Waals surface area contributed by atoms with Gasteiger partial charge in [0.2, 0.25) is 0 Å². The Balaban J connectivity index is 1.96. The maximum Gasteiger partial charge on any atom is 0.407 e. The Morgan fingerprint density at radius 2 is 1.97 bits per heavy atom. The van der Waals surface area contributed by atoms with Crippen molar-refractivity contribution >= 4 is 12.0 Å². The minimum Gasteiger partial charge on any atom is -0.443 e. The quantitative estimate of drug-likeness (QED) is 0.586. The largest absolute Gasteiger partial charge is 0.443 e. The molecule has 1 fully saturated rings. The van der Waals surface area contributed by atoms with Gasteiger partial charge in [-0.05, 0) is 18.9 Å². The van der Waals surface area contributed by atoms with Crippen LogP contribution in [0.25, 0.3) is 0 Å². The number of aliphatic hydroxyl groups excluding tert-OH is 1. The number of ether oxygens (including phenoxy) is 2. The van der Waals surface area contributed by atoms with Crippen molar-refractivity contribution in [3.63, 3.8) is 0 Å². The molecule has 2 rings (SSSR count). The molecule has 7 nitrogen and oxygen atoms in total. The molecule has 1 aromatic carbocycles. The molecule has 29 heavy (non-hydrogen) atoms. The standard InChI is InChI=1S/C22H34N2O5/c1-5-6-12-17(24-21(27)29-18-13-28-14-22(18,3)4)19(25)20(26)23-15(2)16-10-8-7-9-11-16/h7-11,15,17-19,25H,5-6,12-14H2,1-4H3,(H,23,26)(H,24,27)/t15-,17?,18?,19?/m1/s1. The molecule has 1 aromatic rings. The van der Waals surface area contributed by atoms with Gasteiger partial charge in [0.25, 0.3) is 5.91 Å². The number of carbonyl (C=O) groups excluding carboxylic acids is 2. The lowest BCUT2D eigenvalue weighted by Crippen LogP contribution is -2.52. The normalized spacial score (nSPS) is 21.1. The van der Waals surface area contributed by atoms with Gasteiger partial charge in [-0.3, -0.25) is 4.79 Å². The van der Waals surface area contributed by atoms with Gasteiger partial charge in [0.15, 0.2) is 6.10 Å². The Kier molecular flexibility index (Phi) is 8.46. The number of amides is 2. The smallest absolute Gasteiger partial charge is 0.407 e. The molecule has 1 heterocycles. The van der Waals surface area contributed by atoms with Crippen LogP contribution in [0.5, 0.6) is 0 Å². The zero-order valence-electron chi connectivity index (χ0n) is 17.8. The first-order valence-electron chi connectivity index (χ1n) is 10.3. The van der Waals surface area contributed by atoms with Crippen molar-refractivity contribution in [3.8, 4) is 0 Å². The number of hydrogen-bond donors (Lipinski definition) is 3. The first kappa shape index (κ1) is 23.2. The molecule has 2 amide bonds. The summed E-state index contributed by atoms with van der Waals surface area (Å²) in [5, 5.41) is 16.1. The van der Waals surface area contributed by atoms with Crippen molar-refractivity contribution in [2.45, 2.75) is 71.2 Å². The van der Waals surface area contributed by atoms with E-state index in [1.807, 2.05) is 58.0 Å². The summed E-state index contributed by atoms with van der Waals surface area (Å²) in [6.45, 7) is 8.67. The van der Waals surface area contributed by atoms with Crippen molar-refractivity contribution in [2.75, 3.05) is 13.2 Å². The second kappa shape index (κ2) is 10.6. The number of hydrogen-bond acceptors (Lipinski definition) is 5. The Morgan fingerprint density at radius 3 is 2.55 bits per heavy atom. The number of nitrogens with one attached hydrogen (secondary N) is 2.